The quantitative estimate of drug-likeness (QED) is 0.152. The maximum atomic E-state index is 13.0. The van der Waals surface area contributed by atoms with Gasteiger partial charge in [-0.2, -0.15) is 0 Å². The first-order chi connectivity index (χ1) is 17.2. The Bertz CT molecular complexity index is 1120. The Kier molecular flexibility index (Phi) is 12.0. The molecule has 0 aliphatic carbocycles. The van der Waals surface area contributed by atoms with Crippen LogP contribution < -0.4 is 17.1 Å². The van der Waals surface area contributed by atoms with E-state index >= 15 is 0 Å². The van der Waals surface area contributed by atoms with Crippen molar-refractivity contribution >= 4 is 17.9 Å². The number of aromatic nitrogens is 3. The molecule has 12 heteroatoms. The van der Waals surface area contributed by atoms with E-state index in [1.807, 2.05) is 0 Å². The van der Waals surface area contributed by atoms with E-state index in [0.717, 1.165) is 13.7 Å². The lowest BCUT2D eigenvalue weighted by molar-refractivity contribution is -0.153. The second-order valence-corrected chi connectivity index (χ2v) is 9.58. The van der Waals surface area contributed by atoms with Crippen molar-refractivity contribution in [3.8, 4) is 0 Å². The predicted octanol–water partition coefficient (Wildman–Crippen LogP) is 1.17. The molecule has 1 aromatic heterocycles. The highest BCUT2D eigenvalue weighted by Gasteiger charge is 2.23. The first-order valence-corrected chi connectivity index (χ1v) is 12.0. The van der Waals surface area contributed by atoms with Gasteiger partial charge in [0, 0.05) is 30.8 Å². The summed E-state index contributed by atoms with van der Waals surface area (Å²) in [6.45, 7) is 14.6. The highest BCUT2D eigenvalue weighted by atomic mass is 16.5. The minimum absolute atomic E-state index is 0.0190. The van der Waals surface area contributed by atoms with Crippen LogP contribution in [0, 0.1) is 5.41 Å². The summed E-state index contributed by atoms with van der Waals surface area (Å²) >= 11 is 0. The van der Waals surface area contributed by atoms with Gasteiger partial charge in [-0.05, 0) is 53.9 Å². The molecule has 0 aliphatic rings. The molecule has 1 aromatic rings. The van der Waals surface area contributed by atoms with Crippen molar-refractivity contribution in [1.29, 1.82) is 0 Å². The lowest BCUT2D eigenvalue weighted by Gasteiger charge is -2.17. The fraction of sp³-hybridized carbons (Fsp3) is 0.600. The molecule has 0 aliphatic heterocycles. The highest BCUT2D eigenvalue weighted by molar-refractivity contribution is 5.87. The lowest BCUT2D eigenvalue weighted by Crippen LogP contribution is -2.54. The molecule has 37 heavy (non-hydrogen) atoms. The highest BCUT2D eigenvalue weighted by Crippen LogP contribution is 2.15. The smallest absolute Gasteiger partial charge is 0.336 e. The number of nitrogens with zero attached hydrogens (tertiary/aromatic N) is 3. The average Bonchev–Trinajstić information content (AvgIpc) is 2.80. The van der Waals surface area contributed by atoms with Gasteiger partial charge in [0.2, 0.25) is 0 Å². The van der Waals surface area contributed by atoms with E-state index in [2.05, 4.69) is 13.2 Å². The summed E-state index contributed by atoms with van der Waals surface area (Å²) in [5.41, 5.74) is -2.75. The van der Waals surface area contributed by atoms with E-state index in [-0.39, 0.29) is 69.9 Å². The van der Waals surface area contributed by atoms with Crippen molar-refractivity contribution in [3.05, 3.63) is 55.8 Å². The van der Waals surface area contributed by atoms with Gasteiger partial charge in [-0.3, -0.25) is 4.79 Å². The third-order valence-corrected chi connectivity index (χ3v) is 4.97. The molecule has 1 rings (SSSR count). The fourth-order valence-electron chi connectivity index (χ4n) is 2.88. The molecule has 12 nitrogen and oxygen atoms in total. The minimum Gasteiger partial charge on any atom is -0.465 e. The molecule has 0 spiro atoms. The van der Waals surface area contributed by atoms with Crippen LogP contribution in [0.4, 0.5) is 0 Å². The van der Waals surface area contributed by atoms with Crippen LogP contribution in [0.15, 0.2) is 38.7 Å². The molecule has 0 aromatic carbocycles. The molecule has 0 unspecified atom stereocenters. The van der Waals surface area contributed by atoms with E-state index in [1.54, 1.807) is 20.8 Å². The predicted molar refractivity (Wildman–Crippen MR) is 135 cm³/mol. The number of ether oxygens (including phenoxy) is 3. The Labute approximate surface area is 215 Å². The average molecular weight is 524 g/mol. The van der Waals surface area contributed by atoms with Crippen LogP contribution in [-0.4, -0.2) is 51.4 Å². The molecule has 0 fully saturated rings. The summed E-state index contributed by atoms with van der Waals surface area (Å²) < 4.78 is 17.9. The Balaban J connectivity index is 3.10. The summed E-state index contributed by atoms with van der Waals surface area (Å²) in [4.78, 5) is 74.0. The van der Waals surface area contributed by atoms with Gasteiger partial charge in [0.1, 0.15) is 0 Å². The van der Waals surface area contributed by atoms with Crippen molar-refractivity contribution in [3.63, 3.8) is 0 Å². The zero-order valence-electron chi connectivity index (χ0n) is 22.3. The first-order valence-electron chi connectivity index (χ1n) is 12.0. The monoisotopic (exact) mass is 523 g/mol. The molecule has 1 heterocycles. The van der Waals surface area contributed by atoms with Crippen LogP contribution in [-0.2, 0) is 48.2 Å². The maximum absolute atomic E-state index is 13.0. The SMILES string of the molecule is C=C(C)C(=O)OCCCn1c(=O)n(CCCOC(=O)C(=C)C)c(=O)n(CCCOC(=O)C(C)(C)C)c1=O. The van der Waals surface area contributed by atoms with Crippen molar-refractivity contribution in [2.24, 2.45) is 5.41 Å². The van der Waals surface area contributed by atoms with Crippen molar-refractivity contribution in [2.75, 3.05) is 19.8 Å². The summed E-state index contributed by atoms with van der Waals surface area (Å²) in [7, 11) is 0. The molecular formula is C25H37N3O9. The number of hydrogen-bond donors (Lipinski definition) is 0. The second kappa shape index (κ2) is 14.1. The van der Waals surface area contributed by atoms with E-state index in [1.165, 1.54) is 13.8 Å². The number of rotatable bonds is 14. The van der Waals surface area contributed by atoms with Crippen LogP contribution in [0.2, 0.25) is 0 Å². The van der Waals surface area contributed by atoms with Gasteiger partial charge < -0.3 is 14.2 Å². The van der Waals surface area contributed by atoms with E-state index in [0.29, 0.717) is 0 Å². The zero-order chi connectivity index (χ0) is 28.3. The second-order valence-electron chi connectivity index (χ2n) is 9.58. The Morgan fingerprint density at radius 3 is 1.22 bits per heavy atom. The lowest BCUT2D eigenvalue weighted by atomic mass is 9.97. The fourth-order valence-corrected chi connectivity index (χ4v) is 2.88. The number of esters is 3. The van der Waals surface area contributed by atoms with Crippen molar-refractivity contribution in [2.45, 2.75) is 73.5 Å². The van der Waals surface area contributed by atoms with Crippen LogP contribution in [0.1, 0.15) is 53.9 Å². The van der Waals surface area contributed by atoms with Gasteiger partial charge >= 0.3 is 35.0 Å². The molecule has 0 saturated carbocycles. The molecule has 0 radical (unpaired) electrons. The third kappa shape index (κ3) is 9.70. The summed E-state index contributed by atoms with van der Waals surface area (Å²) in [5.74, 6) is -1.61. The summed E-state index contributed by atoms with van der Waals surface area (Å²) in [5, 5.41) is 0. The molecule has 0 bridgehead atoms. The van der Waals surface area contributed by atoms with Crippen LogP contribution in [0.25, 0.3) is 0 Å². The topological polar surface area (TPSA) is 145 Å². The number of carbonyl (C=O) groups is 3. The number of hydrogen-bond acceptors (Lipinski definition) is 9. The Morgan fingerprint density at radius 1 is 0.649 bits per heavy atom. The van der Waals surface area contributed by atoms with Crippen molar-refractivity contribution < 1.29 is 28.6 Å². The van der Waals surface area contributed by atoms with E-state index in [9.17, 15) is 28.8 Å². The number of carbonyl (C=O) groups excluding carboxylic acids is 3. The van der Waals surface area contributed by atoms with Crippen molar-refractivity contribution in [1.82, 2.24) is 13.7 Å². The molecular weight excluding hydrogens is 486 g/mol. The molecule has 0 saturated heterocycles. The van der Waals surface area contributed by atoms with Crippen LogP contribution >= 0.6 is 0 Å². The van der Waals surface area contributed by atoms with Gasteiger partial charge in [0.25, 0.3) is 0 Å². The third-order valence-electron chi connectivity index (χ3n) is 4.97. The van der Waals surface area contributed by atoms with Gasteiger partial charge in [0.15, 0.2) is 0 Å². The maximum Gasteiger partial charge on any atom is 0.336 e. The summed E-state index contributed by atoms with van der Waals surface area (Å²) in [6, 6.07) is 0. The zero-order valence-corrected chi connectivity index (χ0v) is 22.3. The first kappa shape index (κ1) is 31.3. The normalized spacial score (nSPS) is 11.1. The Hall–Kier alpha value is -3.70. The Morgan fingerprint density at radius 2 is 0.946 bits per heavy atom. The van der Waals surface area contributed by atoms with Gasteiger partial charge in [-0.15, -0.1) is 0 Å². The van der Waals surface area contributed by atoms with E-state index in [4.69, 9.17) is 14.2 Å². The van der Waals surface area contributed by atoms with Crippen LogP contribution in [0.5, 0.6) is 0 Å². The van der Waals surface area contributed by atoms with Gasteiger partial charge in [-0.25, -0.2) is 37.7 Å². The largest absolute Gasteiger partial charge is 0.465 e. The van der Waals surface area contributed by atoms with Crippen LogP contribution in [0.3, 0.4) is 0 Å². The van der Waals surface area contributed by atoms with Gasteiger partial charge in [-0.1, -0.05) is 13.2 Å². The standard InChI is InChI=1S/C25H37N3O9/c1-17(2)19(29)35-14-8-11-26-22(32)27(12-9-15-36-20(30)18(3)4)24(34)28(23(26)33)13-10-16-37-21(31)25(5,6)7/h1,3,8-16H2,2,4-7H3. The molecule has 0 atom stereocenters. The minimum atomic E-state index is -0.831. The van der Waals surface area contributed by atoms with Gasteiger partial charge in [0.05, 0.1) is 25.2 Å². The molecule has 0 N–H and O–H groups in total. The molecule has 0 amide bonds. The van der Waals surface area contributed by atoms with E-state index < -0.39 is 40.4 Å². The summed E-state index contributed by atoms with van der Waals surface area (Å²) in [6.07, 6.45) is 0.458. The molecule has 206 valence electrons.